The van der Waals surface area contributed by atoms with Crippen LogP contribution in [0.25, 0.3) is 0 Å². The predicted octanol–water partition coefficient (Wildman–Crippen LogP) is 4.17. The molecule has 0 bridgehead atoms. The standard InChI is InChI=1S/C24H23ClN2O6S/c25-18-6-11-22(23(16-18)34(29,30)27-12-14-31-15-13-27)32-17-24(28)26-19-7-9-21(10-8-19)33-20-4-2-1-3-5-20/h1-11,16H,12-15,17H2,(H,26,28). The summed E-state index contributed by atoms with van der Waals surface area (Å²) in [6.07, 6.45) is 0. The Morgan fingerprint density at radius 3 is 2.35 bits per heavy atom. The van der Waals surface area contributed by atoms with Crippen LogP contribution >= 0.6 is 11.6 Å². The second-order valence-electron chi connectivity index (χ2n) is 7.38. The first-order valence-electron chi connectivity index (χ1n) is 10.5. The van der Waals surface area contributed by atoms with Crippen molar-refractivity contribution in [1.82, 2.24) is 4.31 Å². The first kappa shape index (κ1) is 24.0. The molecule has 34 heavy (non-hydrogen) atoms. The number of hydrogen-bond donors (Lipinski definition) is 1. The number of ether oxygens (including phenoxy) is 3. The Bertz CT molecular complexity index is 1230. The lowest BCUT2D eigenvalue weighted by atomic mass is 10.3. The molecule has 4 rings (SSSR count). The summed E-state index contributed by atoms with van der Waals surface area (Å²) in [6.45, 7) is 0.716. The van der Waals surface area contributed by atoms with E-state index in [2.05, 4.69) is 5.32 Å². The van der Waals surface area contributed by atoms with Gasteiger partial charge in [0.05, 0.1) is 13.2 Å². The maximum absolute atomic E-state index is 13.1. The van der Waals surface area contributed by atoms with Gasteiger partial charge in [0.15, 0.2) is 6.61 Å². The van der Waals surface area contributed by atoms with Crippen LogP contribution < -0.4 is 14.8 Å². The molecule has 0 aliphatic carbocycles. The van der Waals surface area contributed by atoms with Gasteiger partial charge in [-0.3, -0.25) is 4.79 Å². The maximum atomic E-state index is 13.1. The minimum Gasteiger partial charge on any atom is -0.482 e. The first-order chi connectivity index (χ1) is 16.4. The van der Waals surface area contributed by atoms with Crippen LogP contribution in [0.4, 0.5) is 5.69 Å². The van der Waals surface area contributed by atoms with Gasteiger partial charge in [0.2, 0.25) is 10.0 Å². The number of morpholine rings is 1. The van der Waals surface area contributed by atoms with Crippen LogP contribution in [0.3, 0.4) is 0 Å². The van der Waals surface area contributed by atoms with Crippen molar-refractivity contribution in [3.05, 3.63) is 77.8 Å². The van der Waals surface area contributed by atoms with Crippen LogP contribution in [-0.2, 0) is 19.6 Å². The fourth-order valence-electron chi connectivity index (χ4n) is 3.30. The Labute approximate surface area is 203 Å². The molecule has 0 spiro atoms. The van der Waals surface area contributed by atoms with Crippen LogP contribution in [0.5, 0.6) is 17.2 Å². The number of rotatable bonds is 8. The van der Waals surface area contributed by atoms with Gasteiger partial charge in [-0.15, -0.1) is 0 Å². The molecule has 0 atom stereocenters. The SMILES string of the molecule is O=C(COc1ccc(Cl)cc1S(=O)(=O)N1CCOCC1)Nc1ccc(Oc2ccccc2)cc1. The van der Waals surface area contributed by atoms with Gasteiger partial charge in [-0.25, -0.2) is 8.42 Å². The van der Waals surface area contributed by atoms with Crippen molar-refractivity contribution in [2.24, 2.45) is 0 Å². The monoisotopic (exact) mass is 502 g/mol. The third-order valence-electron chi connectivity index (χ3n) is 4.97. The van der Waals surface area contributed by atoms with Gasteiger partial charge < -0.3 is 19.5 Å². The molecule has 0 unspecified atom stereocenters. The molecule has 8 nitrogen and oxygen atoms in total. The minimum atomic E-state index is -3.85. The average Bonchev–Trinajstić information content (AvgIpc) is 2.85. The van der Waals surface area contributed by atoms with E-state index in [1.54, 1.807) is 24.3 Å². The van der Waals surface area contributed by atoms with Crippen LogP contribution in [0.15, 0.2) is 77.7 Å². The van der Waals surface area contributed by atoms with Gasteiger partial charge in [0, 0.05) is 23.8 Å². The topological polar surface area (TPSA) is 94.2 Å². The van der Waals surface area contributed by atoms with E-state index in [1.165, 1.54) is 22.5 Å². The molecule has 1 N–H and O–H groups in total. The number of nitrogens with one attached hydrogen (secondary N) is 1. The summed E-state index contributed by atoms with van der Waals surface area (Å²) >= 11 is 6.04. The van der Waals surface area contributed by atoms with Crippen LogP contribution in [0.2, 0.25) is 5.02 Å². The highest BCUT2D eigenvalue weighted by Gasteiger charge is 2.29. The molecule has 1 amide bonds. The first-order valence-corrected chi connectivity index (χ1v) is 12.4. The Morgan fingerprint density at radius 2 is 1.65 bits per heavy atom. The van der Waals surface area contributed by atoms with E-state index in [4.69, 9.17) is 25.8 Å². The number of sulfonamides is 1. The van der Waals surface area contributed by atoms with Crippen LogP contribution in [-0.4, -0.2) is 51.5 Å². The van der Waals surface area contributed by atoms with Crippen molar-refractivity contribution in [3.63, 3.8) is 0 Å². The summed E-state index contributed by atoms with van der Waals surface area (Å²) in [5.74, 6) is 0.942. The van der Waals surface area contributed by atoms with Gasteiger partial charge in [0.1, 0.15) is 22.1 Å². The lowest BCUT2D eigenvalue weighted by Gasteiger charge is -2.26. The molecular weight excluding hydrogens is 480 g/mol. The van der Waals surface area contributed by atoms with E-state index in [9.17, 15) is 13.2 Å². The number of halogens is 1. The lowest BCUT2D eigenvalue weighted by Crippen LogP contribution is -2.40. The number of para-hydroxylation sites is 1. The Morgan fingerprint density at radius 1 is 0.971 bits per heavy atom. The zero-order valence-corrected chi connectivity index (χ0v) is 19.7. The number of carbonyl (C=O) groups is 1. The Kier molecular flexibility index (Phi) is 7.69. The molecule has 0 radical (unpaired) electrons. The van der Waals surface area contributed by atoms with Gasteiger partial charge in [-0.1, -0.05) is 29.8 Å². The van der Waals surface area contributed by atoms with Crippen molar-refractivity contribution >= 4 is 33.2 Å². The van der Waals surface area contributed by atoms with E-state index < -0.39 is 15.9 Å². The molecular formula is C24H23ClN2O6S. The summed E-state index contributed by atoms with van der Waals surface area (Å²) < 4.78 is 44.0. The molecule has 10 heteroatoms. The summed E-state index contributed by atoms with van der Waals surface area (Å²) in [4.78, 5) is 12.3. The van der Waals surface area contributed by atoms with E-state index in [0.29, 0.717) is 30.4 Å². The van der Waals surface area contributed by atoms with Crippen molar-refractivity contribution < 1.29 is 27.4 Å². The largest absolute Gasteiger partial charge is 0.482 e. The summed E-state index contributed by atoms with van der Waals surface area (Å²) in [5.41, 5.74) is 0.547. The highest BCUT2D eigenvalue weighted by atomic mass is 35.5. The zero-order valence-electron chi connectivity index (χ0n) is 18.1. The van der Waals surface area contributed by atoms with Gasteiger partial charge in [-0.05, 0) is 54.6 Å². The number of hydrogen-bond acceptors (Lipinski definition) is 6. The predicted molar refractivity (Wildman–Crippen MR) is 128 cm³/mol. The Hall–Kier alpha value is -3.11. The lowest BCUT2D eigenvalue weighted by molar-refractivity contribution is -0.118. The maximum Gasteiger partial charge on any atom is 0.262 e. The summed E-state index contributed by atoms with van der Waals surface area (Å²) in [6, 6.07) is 20.5. The molecule has 1 heterocycles. The normalized spacial score (nSPS) is 14.4. The van der Waals surface area contributed by atoms with E-state index in [1.807, 2.05) is 30.3 Å². The van der Waals surface area contributed by atoms with E-state index >= 15 is 0 Å². The highest BCUT2D eigenvalue weighted by Crippen LogP contribution is 2.30. The van der Waals surface area contributed by atoms with Gasteiger partial charge in [0.25, 0.3) is 5.91 Å². The molecule has 3 aromatic rings. The fraction of sp³-hybridized carbons (Fsp3) is 0.208. The van der Waals surface area contributed by atoms with Crippen molar-refractivity contribution in [1.29, 1.82) is 0 Å². The molecule has 1 saturated heterocycles. The molecule has 0 saturated carbocycles. The number of carbonyl (C=O) groups excluding carboxylic acids is 1. The van der Waals surface area contributed by atoms with Crippen molar-refractivity contribution in [2.45, 2.75) is 4.90 Å². The number of anilines is 1. The summed E-state index contributed by atoms with van der Waals surface area (Å²) in [5, 5.41) is 2.97. The molecule has 1 aliphatic rings. The smallest absolute Gasteiger partial charge is 0.262 e. The third kappa shape index (κ3) is 6.06. The average molecular weight is 503 g/mol. The second kappa shape index (κ2) is 10.9. The van der Waals surface area contributed by atoms with Crippen molar-refractivity contribution in [2.75, 3.05) is 38.2 Å². The number of benzene rings is 3. The van der Waals surface area contributed by atoms with Crippen molar-refractivity contribution in [3.8, 4) is 17.2 Å². The number of nitrogens with zero attached hydrogens (tertiary/aromatic N) is 1. The van der Waals surface area contributed by atoms with E-state index in [-0.39, 0.29) is 35.4 Å². The summed E-state index contributed by atoms with van der Waals surface area (Å²) in [7, 11) is -3.85. The molecule has 0 aromatic heterocycles. The third-order valence-corrected chi connectivity index (χ3v) is 7.12. The Balaban J connectivity index is 1.38. The second-order valence-corrected chi connectivity index (χ2v) is 9.73. The number of amides is 1. The van der Waals surface area contributed by atoms with Gasteiger partial charge >= 0.3 is 0 Å². The fourth-order valence-corrected chi connectivity index (χ4v) is 5.10. The van der Waals surface area contributed by atoms with E-state index in [0.717, 1.165) is 0 Å². The van der Waals surface area contributed by atoms with Crippen LogP contribution in [0.1, 0.15) is 0 Å². The van der Waals surface area contributed by atoms with Crippen LogP contribution in [0, 0.1) is 0 Å². The highest BCUT2D eigenvalue weighted by molar-refractivity contribution is 7.89. The molecule has 1 aliphatic heterocycles. The quantitative estimate of drug-likeness (QED) is 0.497. The molecule has 178 valence electrons. The molecule has 3 aromatic carbocycles. The zero-order chi connectivity index (χ0) is 24.0. The molecule has 1 fully saturated rings. The van der Waals surface area contributed by atoms with Gasteiger partial charge in [-0.2, -0.15) is 4.31 Å². The minimum absolute atomic E-state index is 0.0534.